The molecule has 43 heavy (non-hydrogen) atoms. The van der Waals surface area contributed by atoms with E-state index in [1.807, 2.05) is 0 Å². The van der Waals surface area contributed by atoms with E-state index in [1.165, 1.54) is 23.4 Å². The average molecular weight is 592 g/mol. The van der Waals surface area contributed by atoms with Crippen molar-refractivity contribution in [2.45, 2.75) is 33.1 Å². The van der Waals surface area contributed by atoms with Gasteiger partial charge in [0.1, 0.15) is 11.5 Å². The summed E-state index contributed by atoms with van der Waals surface area (Å²) < 4.78 is 19.6. The number of hydrogen-bond acceptors (Lipinski definition) is 7. The lowest BCUT2D eigenvalue weighted by Gasteiger charge is -2.33. The number of carbonyl (C=O) groups excluding carboxylic acids is 1. The molecule has 0 atom stereocenters. The number of amides is 1. The van der Waals surface area contributed by atoms with Crippen LogP contribution >= 0.6 is 0 Å². The zero-order valence-corrected chi connectivity index (χ0v) is 25.4. The van der Waals surface area contributed by atoms with Crippen LogP contribution in [0.2, 0.25) is 0 Å². The fourth-order valence-corrected chi connectivity index (χ4v) is 6.12. The molecule has 9 nitrogen and oxygen atoms in total. The summed E-state index contributed by atoms with van der Waals surface area (Å²) in [5, 5.41) is 5.72. The van der Waals surface area contributed by atoms with Crippen LogP contribution in [0.3, 0.4) is 0 Å². The number of halogens is 1. The molecule has 2 saturated heterocycles. The number of aromatic amines is 1. The minimum Gasteiger partial charge on any atom is -0.397 e. The minimum absolute atomic E-state index is 0.181. The number of ether oxygens (including phenoxy) is 1. The number of likely N-dealkylation sites (tertiary alicyclic amines) is 1. The second-order valence-electron chi connectivity index (χ2n) is 12.3. The molecule has 1 amide bonds. The molecule has 0 spiro atoms. The predicted molar refractivity (Wildman–Crippen MR) is 171 cm³/mol. The Balaban J connectivity index is 1.15. The lowest BCUT2D eigenvalue weighted by Crippen LogP contribution is -2.41. The van der Waals surface area contributed by atoms with Crippen molar-refractivity contribution in [1.29, 1.82) is 0 Å². The highest BCUT2D eigenvalue weighted by Gasteiger charge is 2.26. The van der Waals surface area contributed by atoms with E-state index in [9.17, 15) is 9.18 Å². The number of rotatable bonds is 11. The van der Waals surface area contributed by atoms with Gasteiger partial charge in [-0.05, 0) is 80.1 Å². The van der Waals surface area contributed by atoms with Gasteiger partial charge in [-0.2, -0.15) is 0 Å². The highest BCUT2D eigenvalue weighted by atomic mass is 19.1. The van der Waals surface area contributed by atoms with E-state index in [4.69, 9.17) is 16.3 Å². The molecule has 3 aromatic rings. The maximum atomic E-state index is 14.2. The standard InChI is InChI=1S/C33H46FN7O2/c1-23(2)19-24-3-6-27(7-4-24)37-11-14-39-12-9-25(10-13-39)21-41(36)22-29(35)31-28-20-26(34)5-8-30(28)38-32(31)33(42)40-15-17-43-18-16-40/h3-8,20,22-23,25,37-38H,9-19,21,35-36H2,1-2H3/b29-22-. The Kier molecular flexibility index (Phi) is 10.2. The summed E-state index contributed by atoms with van der Waals surface area (Å²) >= 11 is 0. The van der Waals surface area contributed by atoms with Crippen LogP contribution in [0.15, 0.2) is 48.7 Å². The highest BCUT2D eigenvalue weighted by molar-refractivity contribution is 6.06. The molecule has 0 saturated carbocycles. The van der Waals surface area contributed by atoms with E-state index in [0.29, 0.717) is 72.5 Å². The molecular formula is C33H46FN7O2. The van der Waals surface area contributed by atoms with Crippen molar-refractivity contribution in [2.75, 3.05) is 64.3 Å². The normalized spacial score (nSPS) is 17.1. The molecule has 0 unspecified atom stereocenters. The van der Waals surface area contributed by atoms with Gasteiger partial charge >= 0.3 is 0 Å². The number of hydrogen-bond donors (Lipinski definition) is 4. The van der Waals surface area contributed by atoms with Crippen LogP contribution in [0.1, 0.15) is 48.3 Å². The molecule has 1 aromatic heterocycles. The number of fused-ring (bicyclic) bond motifs is 1. The van der Waals surface area contributed by atoms with E-state index in [-0.39, 0.29) is 5.91 Å². The van der Waals surface area contributed by atoms with Gasteiger partial charge in [-0.25, -0.2) is 10.2 Å². The second kappa shape index (κ2) is 14.2. The smallest absolute Gasteiger partial charge is 0.271 e. The number of carbonyl (C=O) groups is 1. The highest BCUT2D eigenvalue weighted by Crippen LogP contribution is 2.29. The molecule has 232 valence electrons. The van der Waals surface area contributed by atoms with Gasteiger partial charge < -0.3 is 35.6 Å². The number of aromatic nitrogens is 1. The number of nitrogens with one attached hydrogen (secondary N) is 2. The van der Waals surface area contributed by atoms with Crippen LogP contribution in [0.5, 0.6) is 0 Å². The SMILES string of the molecule is CC(C)Cc1ccc(NCCN2CCC(CN(N)/C=C(\N)c3c(C(=O)N4CCOCC4)[nH]c4ccc(F)cc34)CC2)cc1. The van der Waals surface area contributed by atoms with Gasteiger partial charge in [0.2, 0.25) is 0 Å². The monoisotopic (exact) mass is 591 g/mol. The average Bonchev–Trinajstić information content (AvgIpc) is 3.37. The van der Waals surface area contributed by atoms with Crippen molar-refractivity contribution in [3.05, 3.63) is 71.3 Å². The van der Waals surface area contributed by atoms with Crippen LogP contribution in [0.4, 0.5) is 10.1 Å². The summed E-state index contributed by atoms with van der Waals surface area (Å²) in [6.07, 6.45) is 4.87. The third-order valence-corrected chi connectivity index (χ3v) is 8.40. The minimum atomic E-state index is -0.392. The Labute approximate surface area is 254 Å². The van der Waals surface area contributed by atoms with E-state index in [0.717, 1.165) is 45.4 Å². The largest absolute Gasteiger partial charge is 0.397 e. The van der Waals surface area contributed by atoms with Gasteiger partial charge in [0, 0.05) is 61.1 Å². The summed E-state index contributed by atoms with van der Waals surface area (Å²) in [7, 11) is 0. The van der Waals surface area contributed by atoms with Crippen molar-refractivity contribution in [1.82, 2.24) is 19.8 Å². The third-order valence-electron chi connectivity index (χ3n) is 8.40. The van der Waals surface area contributed by atoms with E-state index in [1.54, 1.807) is 22.2 Å². The number of H-pyrrole nitrogens is 1. The number of anilines is 1. The maximum Gasteiger partial charge on any atom is 0.271 e. The van der Waals surface area contributed by atoms with Gasteiger partial charge in [0.05, 0.1) is 18.9 Å². The Bertz CT molecular complexity index is 1390. The van der Waals surface area contributed by atoms with E-state index in [2.05, 4.69) is 53.3 Å². The Morgan fingerprint density at radius 3 is 2.56 bits per heavy atom. The summed E-state index contributed by atoms with van der Waals surface area (Å²) in [5.74, 6) is 6.95. The molecule has 5 rings (SSSR count). The molecular weight excluding hydrogens is 545 g/mol. The summed E-state index contributed by atoms with van der Waals surface area (Å²) in [4.78, 5) is 20.8. The topological polar surface area (TPSA) is 116 Å². The summed E-state index contributed by atoms with van der Waals surface area (Å²) in [5.41, 5.74) is 10.9. The van der Waals surface area contributed by atoms with Crippen LogP contribution in [-0.2, 0) is 11.2 Å². The first-order valence-electron chi connectivity index (χ1n) is 15.5. The van der Waals surface area contributed by atoms with Crippen molar-refractivity contribution in [3.63, 3.8) is 0 Å². The first-order chi connectivity index (χ1) is 20.8. The van der Waals surface area contributed by atoms with Crippen molar-refractivity contribution < 1.29 is 13.9 Å². The number of piperidine rings is 1. The van der Waals surface area contributed by atoms with Crippen LogP contribution in [0.25, 0.3) is 16.6 Å². The third kappa shape index (κ3) is 8.07. The van der Waals surface area contributed by atoms with Crippen molar-refractivity contribution in [2.24, 2.45) is 23.4 Å². The number of nitrogens with zero attached hydrogens (tertiary/aromatic N) is 3. The van der Waals surface area contributed by atoms with Crippen molar-refractivity contribution in [3.8, 4) is 0 Å². The number of hydrazine groups is 1. The zero-order valence-electron chi connectivity index (χ0n) is 25.4. The molecule has 0 bridgehead atoms. The number of benzene rings is 2. The van der Waals surface area contributed by atoms with Gasteiger partial charge in [-0.15, -0.1) is 0 Å². The molecule has 0 radical (unpaired) electrons. The Hall–Kier alpha value is -3.60. The lowest BCUT2D eigenvalue weighted by molar-refractivity contribution is 0.0299. The molecule has 6 N–H and O–H groups in total. The van der Waals surface area contributed by atoms with E-state index < -0.39 is 5.82 Å². The Morgan fingerprint density at radius 1 is 1.14 bits per heavy atom. The summed E-state index contributed by atoms with van der Waals surface area (Å²) in [6, 6.07) is 13.2. The first-order valence-corrected chi connectivity index (χ1v) is 15.5. The lowest BCUT2D eigenvalue weighted by atomic mass is 9.96. The molecule has 2 aromatic carbocycles. The zero-order chi connectivity index (χ0) is 30.3. The van der Waals surface area contributed by atoms with E-state index >= 15 is 0 Å². The molecule has 10 heteroatoms. The van der Waals surface area contributed by atoms with Gasteiger partial charge in [-0.3, -0.25) is 4.79 Å². The van der Waals surface area contributed by atoms with Crippen LogP contribution in [0, 0.1) is 17.7 Å². The molecule has 0 aliphatic carbocycles. The summed E-state index contributed by atoms with van der Waals surface area (Å²) in [6.45, 7) is 11.0. The van der Waals surface area contributed by atoms with Gasteiger partial charge in [0.25, 0.3) is 5.91 Å². The maximum absolute atomic E-state index is 14.2. The molecule has 2 aliphatic rings. The number of morpholine rings is 1. The first kappa shape index (κ1) is 30.8. The second-order valence-corrected chi connectivity index (χ2v) is 12.3. The van der Waals surface area contributed by atoms with Crippen molar-refractivity contribution >= 4 is 28.2 Å². The molecule has 2 fully saturated rings. The predicted octanol–water partition coefficient (Wildman–Crippen LogP) is 4.23. The van der Waals surface area contributed by atoms with Crippen LogP contribution < -0.4 is 16.9 Å². The van der Waals surface area contributed by atoms with Gasteiger partial charge in [-0.1, -0.05) is 26.0 Å². The molecule has 3 heterocycles. The van der Waals surface area contributed by atoms with Crippen LogP contribution in [-0.4, -0.2) is 84.7 Å². The Morgan fingerprint density at radius 2 is 1.86 bits per heavy atom. The fourth-order valence-electron chi connectivity index (χ4n) is 6.12. The quantitative estimate of drug-likeness (QED) is 0.195. The molecule has 2 aliphatic heterocycles. The fraction of sp³-hybridized carbons (Fsp3) is 0.485. The van der Waals surface area contributed by atoms with Gasteiger partial charge in [0.15, 0.2) is 0 Å². The number of nitrogens with two attached hydrogens (primary N) is 2.